The van der Waals surface area contributed by atoms with Crippen molar-refractivity contribution < 1.29 is 4.79 Å². The molecule has 110 valence electrons. The van der Waals surface area contributed by atoms with Gasteiger partial charge in [-0.3, -0.25) is 4.79 Å². The van der Waals surface area contributed by atoms with Crippen molar-refractivity contribution >= 4 is 11.7 Å². The number of hydrogen-bond acceptors (Lipinski definition) is 4. The zero-order valence-corrected chi connectivity index (χ0v) is 12.4. The first-order valence-corrected chi connectivity index (χ1v) is 7.52. The van der Waals surface area contributed by atoms with Gasteiger partial charge < -0.3 is 10.2 Å². The summed E-state index contributed by atoms with van der Waals surface area (Å²) in [6, 6.07) is 0. The van der Waals surface area contributed by atoms with Crippen molar-refractivity contribution in [3.05, 3.63) is 18.1 Å². The van der Waals surface area contributed by atoms with Gasteiger partial charge >= 0.3 is 0 Å². The van der Waals surface area contributed by atoms with Crippen LogP contribution in [0.3, 0.4) is 0 Å². The normalized spacial score (nSPS) is 16.1. The standard InChI is InChI=1S/C15H24N4O/c1-12(2)9-17-14-11-16-13(10-18-14)15(20)19-7-5-3-4-6-8-19/h10-12H,3-9H2,1-2H3,(H,17,18). The van der Waals surface area contributed by atoms with Gasteiger partial charge in [0.05, 0.1) is 12.4 Å². The van der Waals surface area contributed by atoms with Gasteiger partial charge in [0.25, 0.3) is 5.91 Å². The summed E-state index contributed by atoms with van der Waals surface area (Å²) in [4.78, 5) is 22.7. The van der Waals surface area contributed by atoms with Gasteiger partial charge in [0.2, 0.25) is 0 Å². The minimum atomic E-state index is 0.00908. The molecule has 0 unspecified atom stereocenters. The molecule has 1 aliphatic rings. The summed E-state index contributed by atoms with van der Waals surface area (Å²) < 4.78 is 0. The van der Waals surface area contributed by atoms with Crippen LogP contribution in [0.2, 0.25) is 0 Å². The molecule has 1 N–H and O–H groups in total. The van der Waals surface area contributed by atoms with Crippen LogP contribution in [0.5, 0.6) is 0 Å². The highest BCUT2D eigenvalue weighted by atomic mass is 16.2. The molecule has 2 heterocycles. The number of amides is 1. The molecule has 5 heteroatoms. The predicted octanol–water partition coefficient (Wildman–Crippen LogP) is 2.56. The fourth-order valence-electron chi connectivity index (χ4n) is 2.27. The van der Waals surface area contributed by atoms with Gasteiger partial charge in [0, 0.05) is 19.6 Å². The Bertz CT molecular complexity index is 422. The van der Waals surface area contributed by atoms with Crippen LogP contribution in [0.4, 0.5) is 5.82 Å². The molecule has 20 heavy (non-hydrogen) atoms. The van der Waals surface area contributed by atoms with E-state index in [9.17, 15) is 4.79 Å². The lowest BCUT2D eigenvalue weighted by Gasteiger charge is -2.19. The van der Waals surface area contributed by atoms with Gasteiger partial charge in [-0.2, -0.15) is 0 Å². The highest BCUT2D eigenvalue weighted by Crippen LogP contribution is 2.12. The fourth-order valence-corrected chi connectivity index (χ4v) is 2.27. The number of anilines is 1. The first-order valence-electron chi connectivity index (χ1n) is 7.52. The summed E-state index contributed by atoms with van der Waals surface area (Å²) in [5, 5.41) is 3.20. The number of likely N-dealkylation sites (tertiary alicyclic amines) is 1. The molecule has 0 atom stereocenters. The Morgan fingerprint density at radius 3 is 2.45 bits per heavy atom. The number of hydrogen-bond donors (Lipinski definition) is 1. The van der Waals surface area contributed by atoms with Crippen LogP contribution in [-0.4, -0.2) is 40.4 Å². The van der Waals surface area contributed by atoms with Gasteiger partial charge in [0.1, 0.15) is 11.5 Å². The van der Waals surface area contributed by atoms with Crippen molar-refractivity contribution in [3.63, 3.8) is 0 Å². The van der Waals surface area contributed by atoms with Gasteiger partial charge in [-0.05, 0) is 18.8 Å². The Hall–Kier alpha value is -1.65. The first-order chi connectivity index (χ1) is 9.66. The molecule has 1 fully saturated rings. The predicted molar refractivity (Wildman–Crippen MR) is 79.7 cm³/mol. The molecule has 1 amide bonds. The second kappa shape index (κ2) is 7.22. The lowest BCUT2D eigenvalue weighted by molar-refractivity contribution is 0.0755. The van der Waals surface area contributed by atoms with Crippen LogP contribution < -0.4 is 5.32 Å². The Kier molecular flexibility index (Phi) is 5.32. The summed E-state index contributed by atoms with van der Waals surface area (Å²) in [6.07, 6.45) is 7.84. The average molecular weight is 276 g/mol. The lowest BCUT2D eigenvalue weighted by Crippen LogP contribution is -2.32. The van der Waals surface area contributed by atoms with Crippen molar-refractivity contribution in [1.29, 1.82) is 0 Å². The van der Waals surface area contributed by atoms with E-state index in [1.807, 2.05) is 4.90 Å². The zero-order chi connectivity index (χ0) is 14.4. The third-order valence-electron chi connectivity index (χ3n) is 3.46. The molecule has 1 saturated heterocycles. The van der Waals surface area contributed by atoms with Crippen LogP contribution in [-0.2, 0) is 0 Å². The van der Waals surface area contributed by atoms with Crippen molar-refractivity contribution in [2.45, 2.75) is 39.5 Å². The van der Waals surface area contributed by atoms with E-state index >= 15 is 0 Å². The summed E-state index contributed by atoms with van der Waals surface area (Å²) in [6.45, 7) is 6.81. The monoisotopic (exact) mass is 276 g/mol. The second-order valence-electron chi connectivity index (χ2n) is 5.77. The maximum absolute atomic E-state index is 12.3. The highest BCUT2D eigenvalue weighted by Gasteiger charge is 2.18. The fraction of sp³-hybridized carbons (Fsp3) is 0.667. The molecule has 0 radical (unpaired) electrons. The Morgan fingerprint density at radius 1 is 1.20 bits per heavy atom. The molecular formula is C15H24N4O. The molecule has 0 bridgehead atoms. The number of rotatable bonds is 4. The maximum Gasteiger partial charge on any atom is 0.274 e. The van der Waals surface area contributed by atoms with E-state index in [2.05, 4.69) is 29.1 Å². The quantitative estimate of drug-likeness (QED) is 0.918. The summed E-state index contributed by atoms with van der Waals surface area (Å²) in [5.74, 6) is 1.29. The lowest BCUT2D eigenvalue weighted by atomic mass is 10.2. The third kappa shape index (κ3) is 4.18. The molecule has 0 aliphatic carbocycles. The molecule has 0 spiro atoms. The molecule has 1 aromatic heterocycles. The molecule has 0 aromatic carbocycles. The first kappa shape index (κ1) is 14.8. The molecule has 2 rings (SSSR count). The topological polar surface area (TPSA) is 58.1 Å². The SMILES string of the molecule is CC(C)CNc1cnc(C(=O)N2CCCCCC2)cn1. The van der Waals surface area contributed by atoms with Crippen LogP contribution in [0, 0.1) is 5.92 Å². The Morgan fingerprint density at radius 2 is 1.90 bits per heavy atom. The van der Waals surface area contributed by atoms with Crippen molar-refractivity contribution in [1.82, 2.24) is 14.9 Å². The molecule has 1 aliphatic heterocycles. The van der Waals surface area contributed by atoms with Gasteiger partial charge in [-0.15, -0.1) is 0 Å². The smallest absolute Gasteiger partial charge is 0.274 e. The van der Waals surface area contributed by atoms with Crippen LogP contribution in [0.15, 0.2) is 12.4 Å². The van der Waals surface area contributed by atoms with Crippen LogP contribution in [0.25, 0.3) is 0 Å². The molecule has 0 saturated carbocycles. The summed E-state index contributed by atoms with van der Waals surface area (Å²) >= 11 is 0. The van der Waals surface area contributed by atoms with E-state index in [0.717, 1.165) is 38.3 Å². The van der Waals surface area contributed by atoms with Crippen LogP contribution >= 0.6 is 0 Å². The van der Waals surface area contributed by atoms with Crippen molar-refractivity contribution in [2.24, 2.45) is 5.92 Å². The minimum absolute atomic E-state index is 0.00908. The van der Waals surface area contributed by atoms with E-state index in [1.54, 1.807) is 12.4 Å². The zero-order valence-electron chi connectivity index (χ0n) is 12.4. The van der Waals surface area contributed by atoms with Crippen molar-refractivity contribution in [3.8, 4) is 0 Å². The van der Waals surface area contributed by atoms with E-state index in [1.165, 1.54) is 12.8 Å². The highest BCUT2D eigenvalue weighted by molar-refractivity contribution is 5.92. The largest absolute Gasteiger partial charge is 0.369 e. The number of nitrogens with zero attached hydrogens (tertiary/aromatic N) is 3. The minimum Gasteiger partial charge on any atom is -0.369 e. The summed E-state index contributed by atoms with van der Waals surface area (Å²) in [5.41, 5.74) is 0.446. The number of nitrogens with one attached hydrogen (secondary N) is 1. The number of aromatic nitrogens is 2. The van der Waals surface area contributed by atoms with Crippen LogP contribution in [0.1, 0.15) is 50.0 Å². The number of carbonyl (C=O) groups is 1. The van der Waals surface area contributed by atoms with E-state index in [0.29, 0.717) is 11.6 Å². The average Bonchev–Trinajstić information content (AvgIpc) is 2.74. The van der Waals surface area contributed by atoms with E-state index in [4.69, 9.17) is 0 Å². The maximum atomic E-state index is 12.3. The third-order valence-corrected chi connectivity index (χ3v) is 3.46. The van der Waals surface area contributed by atoms with Gasteiger partial charge in [-0.25, -0.2) is 9.97 Å². The number of carbonyl (C=O) groups excluding carboxylic acids is 1. The second-order valence-corrected chi connectivity index (χ2v) is 5.77. The van der Waals surface area contributed by atoms with E-state index < -0.39 is 0 Å². The Balaban J connectivity index is 1.96. The molecular weight excluding hydrogens is 252 g/mol. The van der Waals surface area contributed by atoms with Crippen molar-refractivity contribution in [2.75, 3.05) is 25.0 Å². The molecule has 1 aromatic rings. The van der Waals surface area contributed by atoms with Gasteiger partial charge in [0.15, 0.2) is 0 Å². The summed E-state index contributed by atoms with van der Waals surface area (Å²) in [7, 11) is 0. The molecule has 5 nitrogen and oxygen atoms in total. The van der Waals surface area contributed by atoms with E-state index in [-0.39, 0.29) is 5.91 Å². The Labute approximate surface area is 120 Å². The van der Waals surface area contributed by atoms with Gasteiger partial charge in [-0.1, -0.05) is 26.7 Å².